The fourth-order valence-corrected chi connectivity index (χ4v) is 3.98. The van der Waals surface area contributed by atoms with Crippen molar-refractivity contribution in [1.29, 1.82) is 0 Å². The van der Waals surface area contributed by atoms with Gasteiger partial charge in [-0.15, -0.1) is 11.3 Å². The molecule has 1 N–H and O–H groups in total. The van der Waals surface area contributed by atoms with E-state index < -0.39 is 0 Å². The first kappa shape index (κ1) is 20.1. The molecule has 9 heteroatoms. The van der Waals surface area contributed by atoms with Gasteiger partial charge in [0.05, 0.1) is 49.3 Å². The Hall–Kier alpha value is -2.65. The van der Waals surface area contributed by atoms with Crippen LogP contribution < -0.4 is 19.5 Å². The highest BCUT2D eigenvalue weighted by Gasteiger charge is 2.22. The van der Waals surface area contributed by atoms with Crippen molar-refractivity contribution in [3.63, 3.8) is 0 Å². The molecule has 28 heavy (non-hydrogen) atoms. The zero-order valence-electron chi connectivity index (χ0n) is 15.5. The van der Waals surface area contributed by atoms with Crippen molar-refractivity contribution >= 4 is 33.2 Å². The summed E-state index contributed by atoms with van der Waals surface area (Å²) in [6.07, 6.45) is 1.72. The Morgan fingerprint density at radius 1 is 1.18 bits per heavy atom. The molecule has 0 aliphatic carbocycles. The number of nitrogens with one attached hydrogen (secondary N) is 1. The first-order chi connectivity index (χ1) is 13.6. The lowest BCUT2D eigenvalue weighted by atomic mass is 10.1. The van der Waals surface area contributed by atoms with Gasteiger partial charge >= 0.3 is 0 Å². The maximum absolute atomic E-state index is 12.7. The smallest absolute Gasteiger partial charge is 0.253 e. The number of nitrogens with zero attached hydrogens (tertiary/aromatic N) is 2. The van der Waals surface area contributed by atoms with Gasteiger partial charge in [0.1, 0.15) is 5.01 Å². The summed E-state index contributed by atoms with van der Waals surface area (Å²) in [5.74, 6) is 0.906. The van der Waals surface area contributed by atoms with Gasteiger partial charge in [0, 0.05) is 11.6 Å². The zero-order chi connectivity index (χ0) is 20.1. The summed E-state index contributed by atoms with van der Waals surface area (Å²) in [6, 6.07) is 7.26. The van der Waals surface area contributed by atoms with Crippen LogP contribution in [0.3, 0.4) is 0 Å². The Kier molecular flexibility index (Phi) is 6.48. The molecule has 0 saturated carbocycles. The minimum absolute atomic E-state index is 0.283. The lowest BCUT2D eigenvalue weighted by Crippen LogP contribution is -2.23. The number of ether oxygens (including phenoxy) is 3. The van der Waals surface area contributed by atoms with Crippen LogP contribution in [-0.4, -0.2) is 37.2 Å². The molecule has 1 aromatic carbocycles. The Balaban J connectivity index is 1.78. The quantitative estimate of drug-likeness (QED) is 0.571. The van der Waals surface area contributed by atoms with E-state index in [1.54, 1.807) is 12.3 Å². The minimum atomic E-state index is -0.293. The number of hydrogen-bond acceptors (Lipinski definition) is 7. The molecule has 0 aliphatic heterocycles. The highest BCUT2D eigenvalue weighted by molar-refractivity contribution is 9.10. The molecular formula is C19H18BrN3O4S. The van der Waals surface area contributed by atoms with Gasteiger partial charge in [-0.2, -0.15) is 0 Å². The monoisotopic (exact) mass is 463 g/mol. The summed E-state index contributed by atoms with van der Waals surface area (Å²) < 4.78 is 16.5. The lowest BCUT2D eigenvalue weighted by Gasteiger charge is -2.16. The first-order valence-electron chi connectivity index (χ1n) is 8.21. The number of hydrogen-bond donors (Lipinski definition) is 1. The number of carbonyl (C=O) groups is 1. The highest BCUT2D eigenvalue weighted by Crippen LogP contribution is 2.44. The van der Waals surface area contributed by atoms with E-state index in [9.17, 15) is 4.79 Å². The Labute approximate surface area is 174 Å². The molecule has 2 heterocycles. The molecule has 7 nitrogen and oxygen atoms in total. The second-order valence-electron chi connectivity index (χ2n) is 5.55. The van der Waals surface area contributed by atoms with Crippen molar-refractivity contribution in [1.82, 2.24) is 15.3 Å². The summed E-state index contributed by atoms with van der Waals surface area (Å²) in [6.45, 7) is 0.283. The summed E-state index contributed by atoms with van der Waals surface area (Å²) in [7, 11) is 4.51. The second kappa shape index (κ2) is 9.03. The number of carbonyl (C=O) groups excluding carboxylic acids is 1. The maximum atomic E-state index is 12.7. The van der Waals surface area contributed by atoms with E-state index in [2.05, 4.69) is 31.2 Å². The molecule has 146 valence electrons. The Morgan fingerprint density at radius 2 is 1.96 bits per heavy atom. The number of rotatable bonds is 7. The normalized spacial score (nSPS) is 10.4. The number of halogens is 1. The van der Waals surface area contributed by atoms with Crippen molar-refractivity contribution in [3.8, 4) is 28.0 Å². The van der Waals surface area contributed by atoms with Gasteiger partial charge in [-0.1, -0.05) is 6.07 Å². The molecule has 0 unspecified atom stereocenters. The molecule has 0 radical (unpaired) electrons. The van der Waals surface area contributed by atoms with Gasteiger partial charge in [-0.3, -0.25) is 9.78 Å². The highest BCUT2D eigenvalue weighted by atomic mass is 79.9. The van der Waals surface area contributed by atoms with E-state index in [1.807, 2.05) is 23.6 Å². The SMILES string of the molecule is COc1cc(C(=O)NCc2csc(-c3ccccn3)n2)c(Br)c(OC)c1OC. The number of pyridine rings is 1. The lowest BCUT2D eigenvalue weighted by molar-refractivity contribution is 0.0948. The van der Waals surface area contributed by atoms with E-state index in [1.165, 1.54) is 32.7 Å². The number of thiazole rings is 1. The van der Waals surface area contributed by atoms with Gasteiger partial charge in [-0.05, 0) is 34.1 Å². The molecule has 0 aliphatic rings. The standard InChI is InChI=1S/C19H18BrN3O4S/c1-25-14-8-12(15(20)17(27-3)16(14)26-2)18(24)22-9-11-10-28-19(23-11)13-6-4-5-7-21-13/h4-8,10H,9H2,1-3H3,(H,22,24). The number of benzene rings is 1. The molecule has 1 amide bonds. The van der Waals surface area contributed by atoms with Crippen LogP contribution in [0.4, 0.5) is 0 Å². The molecule has 0 fully saturated rings. The van der Waals surface area contributed by atoms with Crippen LogP contribution >= 0.6 is 27.3 Å². The summed E-state index contributed by atoms with van der Waals surface area (Å²) in [5.41, 5.74) is 1.93. The largest absolute Gasteiger partial charge is 0.493 e. The first-order valence-corrected chi connectivity index (χ1v) is 9.88. The van der Waals surface area contributed by atoms with Crippen molar-refractivity contribution in [3.05, 3.63) is 51.6 Å². The van der Waals surface area contributed by atoms with E-state index >= 15 is 0 Å². The molecule has 0 saturated heterocycles. The second-order valence-corrected chi connectivity index (χ2v) is 7.20. The maximum Gasteiger partial charge on any atom is 0.253 e. The van der Waals surface area contributed by atoms with Crippen LogP contribution in [0.1, 0.15) is 16.1 Å². The van der Waals surface area contributed by atoms with Crippen molar-refractivity contribution in [2.24, 2.45) is 0 Å². The van der Waals surface area contributed by atoms with E-state index in [4.69, 9.17) is 14.2 Å². The number of amides is 1. The number of aromatic nitrogens is 2. The van der Waals surface area contributed by atoms with E-state index in [0.717, 1.165) is 16.4 Å². The number of methoxy groups -OCH3 is 3. The fraction of sp³-hybridized carbons (Fsp3) is 0.211. The molecule has 0 spiro atoms. The average Bonchev–Trinajstić information content (AvgIpc) is 3.21. The van der Waals surface area contributed by atoms with Gasteiger partial charge in [-0.25, -0.2) is 4.98 Å². The topological polar surface area (TPSA) is 82.6 Å². The summed E-state index contributed by atoms with van der Waals surface area (Å²) in [5, 5.41) is 5.57. The van der Waals surface area contributed by atoms with Crippen molar-refractivity contribution in [2.75, 3.05) is 21.3 Å². The van der Waals surface area contributed by atoms with Gasteiger partial charge < -0.3 is 19.5 Å². The molecule has 3 rings (SSSR count). The van der Waals surface area contributed by atoms with E-state index in [0.29, 0.717) is 27.3 Å². The molecule has 3 aromatic rings. The Bertz CT molecular complexity index is 979. The third-order valence-electron chi connectivity index (χ3n) is 3.88. The van der Waals surface area contributed by atoms with Crippen LogP contribution in [0.5, 0.6) is 17.2 Å². The van der Waals surface area contributed by atoms with Gasteiger partial charge in [0.25, 0.3) is 5.91 Å². The third-order valence-corrected chi connectivity index (χ3v) is 5.58. The van der Waals surface area contributed by atoms with Crippen LogP contribution in [0, 0.1) is 0 Å². The van der Waals surface area contributed by atoms with E-state index in [-0.39, 0.29) is 12.5 Å². The van der Waals surface area contributed by atoms with Gasteiger partial charge in [0.2, 0.25) is 5.75 Å². The van der Waals surface area contributed by atoms with Crippen LogP contribution in [0.15, 0.2) is 40.3 Å². The molecular weight excluding hydrogens is 446 g/mol. The third kappa shape index (κ3) is 4.10. The predicted octanol–water partition coefficient (Wildman–Crippen LogP) is 3.92. The predicted molar refractivity (Wildman–Crippen MR) is 110 cm³/mol. The zero-order valence-corrected chi connectivity index (χ0v) is 17.9. The van der Waals surface area contributed by atoms with Crippen LogP contribution in [0.25, 0.3) is 10.7 Å². The van der Waals surface area contributed by atoms with Crippen LogP contribution in [-0.2, 0) is 6.54 Å². The average molecular weight is 464 g/mol. The molecule has 2 aromatic heterocycles. The minimum Gasteiger partial charge on any atom is -0.493 e. The fourth-order valence-electron chi connectivity index (χ4n) is 2.55. The molecule has 0 atom stereocenters. The van der Waals surface area contributed by atoms with Crippen molar-refractivity contribution < 1.29 is 19.0 Å². The Morgan fingerprint density at radius 3 is 2.61 bits per heavy atom. The summed E-state index contributed by atoms with van der Waals surface area (Å²) >= 11 is 4.89. The van der Waals surface area contributed by atoms with Gasteiger partial charge in [0.15, 0.2) is 11.5 Å². The summed E-state index contributed by atoms with van der Waals surface area (Å²) in [4.78, 5) is 21.5. The molecule has 0 bridgehead atoms. The van der Waals surface area contributed by atoms with Crippen LogP contribution in [0.2, 0.25) is 0 Å². The van der Waals surface area contributed by atoms with Crippen molar-refractivity contribution in [2.45, 2.75) is 6.54 Å².